The Morgan fingerprint density at radius 2 is 1.54 bits per heavy atom. The molecule has 0 aliphatic carbocycles. The highest BCUT2D eigenvalue weighted by Gasteiger charge is 2.25. The zero-order valence-corrected chi connectivity index (χ0v) is 12.7. The van der Waals surface area contributed by atoms with Gasteiger partial charge in [0.15, 0.2) is 0 Å². The first-order valence-electron chi connectivity index (χ1n) is 7.52. The molecule has 1 amide bonds. The van der Waals surface area contributed by atoms with Crippen LogP contribution in [0.2, 0.25) is 0 Å². The van der Waals surface area contributed by atoms with Crippen molar-refractivity contribution in [1.29, 1.82) is 0 Å². The molecule has 0 aromatic heterocycles. The molecule has 1 heterocycles. The van der Waals surface area contributed by atoms with Gasteiger partial charge in [0.2, 0.25) is 0 Å². The molecule has 3 aromatic carbocycles. The second kappa shape index (κ2) is 5.82. The Bertz CT molecular complexity index is 900. The van der Waals surface area contributed by atoms with Crippen LogP contribution in [0.25, 0.3) is 21.5 Å². The van der Waals surface area contributed by atoms with Gasteiger partial charge in [-0.15, -0.1) is 0 Å². The SMILES string of the molecule is O=C1CN(Cc2c3ccccc3cc3ccccc23)C(=O)ONO1. The van der Waals surface area contributed by atoms with Crippen molar-refractivity contribution >= 4 is 33.6 Å². The van der Waals surface area contributed by atoms with Gasteiger partial charge in [-0.3, -0.25) is 4.90 Å². The summed E-state index contributed by atoms with van der Waals surface area (Å²) in [6.07, 6.45) is -0.655. The highest BCUT2D eigenvalue weighted by atomic mass is 16.9. The molecule has 0 saturated carbocycles. The Kier molecular flexibility index (Phi) is 3.51. The quantitative estimate of drug-likeness (QED) is 0.735. The van der Waals surface area contributed by atoms with Gasteiger partial charge < -0.3 is 9.68 Å². The summed E-state index contributed by atoms with van der Waals surface area (Å²) >= 11 is 0. The summed E-state index contributed by atoms with van der Waals surface area (Å²) < 4.78 is 0. The number of rotatable bonds is 2. The first-order valence-corrected chi connectivity index (χ1v) is 7.52. The van der Waals surface area contributed by atoms with Crippen LogP contribution in [0.15, 0.2) is 54.6 Å². The Balaban J connectivity index is 1.87. The molecule has 1 saturated heterocycles. The van der Waals surface area contributed by atoms with Gasteiger partial charge in [0.1, 0.15) is 6.54 Å². The lowest BCUT2D eigenvalue weighted by Gasteiger charge is -2.19. The van der Waals surface area contributed by atoms with E-state index in [-0.39, 0.29) is 13.1 Å². The average Bonchev–Trinajstić information content (AvgIpc) is 2.75. The number of nitrogens with zero attached hydrogens (tertiary/aromatic N) is 1. The number of amides is 1. The number of nitrogens with one attached hydrogen (secondary N) is 1. The fraction of sp³-hybridized carbons (Fsp3) is 0.111. The van der Waals surface area contributed by atoms with Gasteiger partial charge in [-0.1, -0.05) is 48.5 Å². The third-order valence-electron chi connectivity index (χ3n) is 4.09. The lowest BCUT2D eigenvalue weighted by Crippen LogP contribution is -2.33. The molecule has 1 aliphatic heterocycles. The number of fused-ring (bicyclic) bond motifs is 2. The maximum Gasteiger partial charge on any atom is 0.432 e. The van der Waals surface area contributed by atoms with Crippen LogP contribution in [-0.2, 0) is 21.0 Å². The minimum absolute atomic E-state index is 0.177. The second-order valence-corrected chi connectivity index (χ2v) is 5.58. The van der Waals surface area contributed by atoms with E-state index in [2.05, 4.69) is 15.7 Å². The Morgan fingerprint density at radius 3 is 2.21 bits per heavy atom. The standard InChI is InChI=1S/C18H14N2O4/c21-17-11-20(18(22)24-19-23-17)10-16-14-7-3-1-5-12(14)9-13-6-2-4-8-15(13)16/h1-9,19H,10-11H2. The van der Waals surface area contributed by atoms with Crippen molar-refractivity contribution in [2.24, 2.45) is 0 Å². The van der Waals surface area contributed by atoms with Crippen LogP contribution in [-0.4, -0.2) is 23.5 Å². The van der Waals surface area contributed by atoms with E-state index >= 15 is 0 Å². The van der Waals surface area contributed by atoms with Gasteiger partial charge in [-0.25, -0.2) is 9.59 Å². The van der Waals surface area contributed by atoms with Crippen LogP contribution in [0.1, 0.15) is 5.56 Å². The van der Waals surface area contributed by atoms with Crippen molar-refractivity contribution in [3.8, 4) is 0 Å². The van der Waals surface area contributed by atoms with Crippen LogP contribution in [0, 0.1) is 0 Å². The number of benzene rings is 3. The third-order valence-corrected chi connectivity index (χ3v) is 4.09. The normalized spacial score (nSPS) is 15.2. The number of hydrogen-bond acceptors (Lipinski definition) is 5. The molecule has 0 unspecified atom stereocenters. The van der Waals surface area contributed by atoms with Crippen LogP contribution < -0.4 is 5.64 Å². The molecular formula is C18H14N2O4. The predicted octanol–water partition coefficient (Wildman–Crippen LogP) is 2.91. The minimum Gasteiger partial charge on any atom is -0.333 e. The van der Waals surface area contributed by atoms with Crippen molar-refractivity contribution < 1.29 is 19.3 Å². The Labute approximate surface area is 137 Å². The van der Waals surface area contributed by atoms with Crippen molar-refractivity contribution in [2.75, 3.05) is 6.54 Å². The first kappa shape index (κ1) is 14.5. The summed E-state index contributed by atoms with van der Waals surface area (Å²) in [4.78, 5) is 34.2. The second-order valence-electron chi connectivity index (χ2n) is 5.58. The van der Waals surface area contributed by atoms with Gasteiger partial charge in [0.05, 0.1) is 6.54 Å². The minimum atomic E-state index is -0.655. The van der Waals surface area contributed by atoms with E-state index < -0.39 is 12.1 Å². The molecular weight excluding hydrogens is 308 g/mol. The van der Waals surface area contributed by atoms with Gasteiger partial charge in [0, 0.05) is 5.64 Å². The van der Waals surface area contributed by atoms with Crippen molar-refractivity contribution in [3.05, 3.63) is 60.2 Å². The van der Waals surface area contributed by atoms with E-state index in [9.17, 15) is 9.59 Å². The van der Waals surface area contributed by atoms with E-state index in [1.165, 1.54) is 4.90 Å². The van der Waals surface area contributed by atoms with Crippen LogP contribution in [0.3, 0.4) is 0 Å². The molecule has 1 fully saturated rings. The highest BCUT2D eigenvalue weighted by Crippen LogP contribution is 2.29. The van der Waals surface area contributed by atoms with Crippen molar-refractivity contribution in [3.63, 3.8) is 0 Å². The zero-order chi connectivity index (χ0) is 16.5. The fourth-order valence-corrected chi connectivity index (χ4v) is 3.01. The summed E-state index contributed by atoms with van der Waals surface area (Å²) in [6, 6.07) is 18.1. The molecule has 4 rings (SSSR count). The molecule has 0 atom stereocenters. The summed E-state index contributed by atoms with van der Waals surface area (Å²) in [5.41, 5.74) is 2.86. The monoisotopic (exact) mass is 322 g/mol. The van der Waals surface area contributed by atoms with Gasteiger partial charge in [0.25, 0.3) is 0 Å². The molecule has 120 valence electrons. The lowest BCUT2D eigenvalue weighted by atomic mass is 9.96. The van der Waals surface area contributed by atoms with Crippen molar-refractivity contribution in [2.45, 2.75) is 6.54 Å². The van der Waals surface area contributed by atoms with E-state index in [1.807, 2.05) is 54.2 Å². The molecule has 1 N–H and O–H groups in total. The van der Waals surface area contributed by atoms with E-state index in [4.69, 9.17) is 0 Å². The molecule has 1 aliphatic rings. The maximum atomic E-state index is 12.0. The largest absolute Gasteiger partial charge is 0.432 e. The van der Waals surface area contributed by atoms with Crippen LogP contribution in [0.4, 0.5) is 4.79 Å². The molecule has 6 heteroatoms. The summed E-state index contributed by atoms with van der Waals surface area (Å²) in [5.74, 6) is -0.578. The average molecular weight is 322 g/mol. The van der Waals surface area contributed by atoms with E-state index in [0.717, 1.165) is 27.1 Å². The number of carbonyl (C=O) groups excluding carboxylic acids is 2. The van der Waals surface area contributed by atoms with Crippen LogP contribution in [0.5, 0.6) is 0 Å². The predicted molar refractivity (Wildman–Crippen MR) is 87.6 cm³/mol. The maximum absolute atomic E-state index is 12.0. The summed E-state index contributed by atoms with van der Waals surface area (Å²) in [6.45, 7) is 0.0703. The van der Waals surface area contributed by atoms with Gasteiger partial charge in [-0.2, -0.15) is 0 Å². The smallest absolute Gasteiger partial charge is 0.333 e. The highest BCUT2D eigenvalue weighted by molar-refractivity contribution is 6.02. The van der Waals surface area contributed by atoms with Crippen LogP contribution >= 0.6 is 0 Å². The third kappa shape index (κ3) is 2.53. The number of hydrogen-bond donors (Lipinski definition) is 1. The zero-order valence-electron chi connectivity index (χ0n) is 12.7. The van der Waals surface area contributed by atoms with Gasteiger partial charge >= 0.3 is 12.1 Å². The fourth-order valence-electron chi connectivity index (χ4n) is 3.01. The van der Waals surface area contributed by atoms with Gasteiger partial charge in [-0.05, 0) is 33.2 Å². The first-order chi connectivity index (χ1) is 11.7. The summed E-state index contributed by atoms with van der Waals surface area (Å²) in [7, 11) is 0. The molecule has 0 bridgehead atoms. The molecule has 3 aromatic rings. The molecule has 6 nitrogen and oxygen atoms in total. The van der Waals surface area contributed by atoms with E-state index in [1.54, 1.807) is 0 Å². The Hall–Kier alpha value is -3.12. The van der Waals surface area contributed by atoms with Crippen molar-refractivity contribution in [1.82, 2.24) is 10.5 Å². The topological polar surface area (TPSA) is 67.9 Å². The summed E-state index contributed by atoms with van der Waals surface area (Å²) in [5, 5.41) is 4.23. The molecule has 0 radical (unpaired) electrons. The van der Waals surface area contributed by atoms with E-state index in [0.29, 0.717) is 0 Å². The Morgan fingerprint density at radius 1 is 0.917 bits per heavy atom. The molecule has 24 heavy (non-hydrogen) atoms. The lowest BCUT2D eigenvalue weighted by molar-refractivity contribution is -0.170. The number of carbonyl (C=O) groups is 2. The molecule has 0 spiro atoms.